The molecule has 1 aliphatic heterocycles. The Kier molecular flexibility index (Phi) is 3.83. The van der Waals surface area contributed by atoms with Crippen LogP contribution in [-0.4, -0.2) is 55.7 Å². The molecule has 4 nitrogen and oxygen atoms in total. The van der Waals surface area contributed by atoms with E-state index in [1.165, 1.54) is 6.20 Å². The number of nitrogens with zero attached hydrogens (tertiary/aromatic N) is 4. The molecule has 0 bridgehead atoms. The van der Waals surface area contributed by atoms with Crippen LogP contribution in [0.2, 0.25) is 0 Å². The highest BCUT2D eigenvalue weighted by atomic mass is 15.3. The Morgan fingerprint density at radius 2 is 2.29 bits per heavy atom. The van der Waals surface area contributed by atoms with E-state index in [2.05, 4.69) is 47.2 Å². The molecule has 0 saturated carbocycles. The first-order valence-corrected chi connectivity index (χ1v) is 4.76. The number of hydrogen-bond donors (Lipinski definition) is 0. The maximum Gasteiger partial charge on any atom is 0.224 e. The summed E-state index contributed by atoms with van der Waals surface area (Å²) in [7, 11) is 4.19. The maximum atomic E-state index is 4.08. The molecular formula is C10H18N4. The second-order valence-corrected chi connectivity index (χ2v) is 3.62. The van der Waals surface area contributed by atoms with Gasteiger partial charge < -0.3 is 9.80 Å². The molecule has 0 N–H and O–H groups in total. The van der Waals surface area contributed by atoms with E-state index in [9.17, 15) is 0 Å². The van der Waals surface area contributed by atoms with E-state index in [0.29, 0.717) is 12.0 Å². The summed E-state index contributed by atoms with van der Waals surface area (Å²) in [6, 6.07) is 0.590. The fourth-order valence-electron chi connectivity index (χ4n) is 1.65. The van der Waals surface area contributed by atoms with Crippen molar-refractivity contribution in [3.05, 3.63) is 12.8 Å². The van der Waals surface area contributed by atoms with E-state index < -0.39 is 0 Å². The van der Waals surface area contributed by atoms with Gasteiger partial charge in [-0.05, 0) is 27.2 Å². The SMILES string of the molecule is C=CN=C(N=C)N1CCC(N(C)C)C1. The van der Waals surface area contributed by atoms with Crippen LogP contribution in [0.4, 0.5) is 0 Å². The fraction of sp³-hybridized carbons (Fsp3) is 0.600. The molecule has 0 amide bonds. The molecule has 1 rings (SSSR count). The molecule has 1 saturated heterocycles. The summed E-state index contributed by atoms with van der Waals surface area (Å²) >= 11 is 0. The Balaban J connectivity index is 2.60. The number of likely N-dealkylation sites (N-methyl/N-ethyl adjacent to an activating group) is 1. The van der Waals surface area contributed by atoms with Gasteiger partial charge in [0.05, 0.1) is 0 Å². The lowest BCUT2D eigenvalue weighted by molar-refractivity contribution is 0.301. The molecule has 0 aromatic rings. The fourth-order valence-corrected chi connectivity index (χ4v) is 1.65. The highest BCUT2D eigenvalue weighted by Gasteiger charge is 2.25. The molecule has 0 aromatic heterocycles. The average Bonchev–Trinajstić information content (AvgIpc) is 2.63. The Hall–Kier alpha value is -1.16. The summed E-state index contributed by atoms with van der Waals surface area (Å²) in [4.78, 5) is 12.3. The van der Waals surface area contributed by atoms with E-state index in [1.807, 2.05) is 0 Å². The van der Waals surface area contributed by atoms with Crippen molar-refractivity contribution in [1.29, 1.82) is 0 Å². The predicted molar refractivity (Wildman–Crippen MR) is 60.8 cm³/mol. The minimum Gasteiger partial charge on any atom is -0.339 e. The van der Waals surface area contributed by atoms with E-state index >= 15 is 0 Å². The smallest absolute Gasteiger partial charge is 0.224 e. The molecule has 0 spiro atoms. The zero-order valence-electron chi connectivity index (χ0n) is 8.98. The molecule has 4 heteroatoms. The minimum atomic E-state index is 0.590. The topological polar surface area (TPSA) is 31.2 Å². The molecule has 1 aliphatic rings. The maximum absolute atomic E-state index is 4.08. The molecule has 14 heavy (non-hydrogen) atoms. The van der Waals surface area contributed by atoms with Gasteiger partial charge >= 0.3 is 0 Å². The summed E-state index contributed by atoms with van der Waals surface area (Å²) in [5.74, 6) is 0.685. The molecule has 78 valence electrons. The summed E-state index contributed by atoms with van der Waals surface area (Å²) in [6.07, 6.45) is 2.66. The second kappa shape index (κ2) is 4.91. The highest BCUT2D eigenvalue weighted by Crippen LogP contribution is 2.13. The standard InChI is InChI=1S/C10H18N4/c1-5-12-10(11-2)14-7-6-9(8-14)13(3)4/h5,9H,1-2,6-8H2,3-4H3. The van der Waals surface area contributed by atoms with Crippen LogP contribution in [0.15, 0.2) is 22.8 Å². The normalized spacial score (nSPS) is 22.9. The Bertz CT molecular complexity index is 245. The van der Waals surface area contributed by atoms with Crippen LogP contribution in [0.1, 0.15) is 6.42 Å². The third kappa shape index (κ3) is 2.42. The Labute approximate surface area is 85.6 Å². The third-order valence-corrected chi connectivity index (χ3v) is 2.52. The van der Waals surface area contributed by atoms with Gasteiger partial charge in [-0.15, -0.1) is 0 Å². The van der Waals surface area contributed by atoms with Gasteiger partial charge in [0.25, 0.3) is 0 Å². The molecule has 0 aromatic carbocycles. The number of rotatable bonds is 2. The van der Waals surface area contributed by atoms with Gasteiger partial charge in [0.2, 0.25) is 5.96 Å². The van der Waals surface area contributed by atoms with Crippen molar-refractivity contribution in [2.75, 3.05) is 27.2 Å². The van der Waals surface area contributed by atoms with Crippen molar-refractivity contribution in [2.45, 2.75) is 12.5 Å². The second-order valence-electron chi connectivity index (χ2n) is 3.62. The van der Waals surface area contributed by atoms with Gasteiger partial charge in [0.15, 0.2) is 0 Å². The van der Waals surface area contributed by atoms with Crippen molar-refractivity contribution in [3.63, 3.8) is 0 Å². The van der Waals surface area contributed by atoms with Crippen LogP contribution >= 0.6 is 0 Å². The molecule has 1 heterocycles. The van der Waals surface area contributed by atoms with Gasteiger partial charge in [-0.25, -0.2) is 9.98 Å². The number of likely N-dealkylation sites (tertiary alicyclic amines) is 1. The molecular weight excluding hydrogens is 176 g/mol. The highest BCUT2D eigenvalue weighted by molar-refractivity contribution is 5.84. The van der Waals surface area contributed by atoms with E-state index in [0.717, 1.165) is 19.5 Å². The minimum absolute atomic E-state index is 0.590. The van der Waals surface area contributed by atoms with E-state index in [4.69, 9.17) is 0 Å². The molecule has 0 radical (unpaired) electrons. The lowest BCUT2D eigenvalue weighted by atomic mass is 10.2. The predicted octanol–water partition coefficient (Wildman–Crippen LogP) is 0.822. The average molecular weight is 194 g/mol. The summed E-state index contributed by atoms with van der Waals surface area (Å²) in [5.41, 5.74) is 0. The first-order chi connectivity index (χ1) is 6.69. The van der Waals surface area contributed by atoms with Crippen molar-refractivity contribution >= 4 is 12.7 Å². The van der Waals surface area contributed by atoms with Crippen molar-refractivity contribution < 1.29 is 0 Å². The molecule has 1 unspecified atom stereocenters. The lowest BCUT2D eigenvalue weighted by Gasteiger charge is -2.20. The van der Waals surface area contributed by atoms with Crippen LogP contribution in [0.3, 0.4) is 0 Å². The van der Waals surface area contributed by atoms with Crippen LogP contribution in [0.25, 0.3) is 0 Å². The molecule has 0 aliphatic carbocycles. The van der Waals surface area contributed by atoms with Gasteiger partial charge in [-0.1, -0.05) is 6.58 Å². The largest absolute Gasteiger partial charge is 0.339 e. The van der Waals surface area contributed by atoms with E-state index in [1.54, 1.807) is 0 Å². The molecule has 1 atom stereocenters. The van der Waals surface area contributed by atoms with Crippen LogP contribution < -0.4 is 0 Å². The first-order valence-electron chi connectivity index (χ1n) is 4.76. The summed E-state index contributed by atoms with van der Waals surface area (Å²) in [5, 5.41) is 0. The monoisotopic (exact) mass is 194 g/mol. The quantitative estimate of drug-likeness (QED) is 0.481. The third-order valence-electron chi connectivity index (χ3n) is 2.52. The van der Waals surface area contributed by atoms with Crippen molar-refractivity contribution in [1.82, 2.24) is 9.80 Å². The van der Waals surface area contributed by atoms with Gasteiger partial charge in [0, 0.05) is 25.3 Å². The Morgan fingerprint density at radius 3 is 2.71 bits per heavy atom. The summed E-state index contributed by atoms with van der Waals surface area (Å²) < 4.78 is 0. The van der Waals surface area contributed by atoms with E-state index in [-0.39, 0.29) is 0 Å². The van der Waals surface area contributed by atoms with Crippen molar-refractivity contribution in [2.24, 2.45) is 9.98 Å². The number of hydrogen-bond acceptors (Lipinski definition) is 2. The molecule has 1 fully saturated rings. The van der Waals surface area contributed by atoms with Crippen LogP contribution in [-0.2, 0) is 0 Å². The summed E-state index contributed by atoms with van der Waals surface area (Å²) in [6.45, 7) is 9.04. The van der Waals surface area contributed by atoms with Crippen LogP contribution in [0, 0.1) is 0 Å². The van der Waals surface area contributed by atoms with Gasteiger partial charge in [0.1, 0.15) is 0 Å². The Morgan fingerprint density at radius 1 is 1.57 bits per heavy atom. The van der Waals surface area contributed by atoms with Gasteiger partial charge in [-0.3, -0.25) is 0 Å². The number of aliphatic imine (C=N–C) groups is 2. The lowest BCUT2D eigenvalue weighted by Crippen LogP contribution is -2.33. The first kappa shape index (κ1) is 10.9. The zero-order chi connectivity index (χ0) is 10.6. The zero-order valence-corrected chi connectivity index (χ0v) is 8.98. The number of guanidine groups is 1. The van der Waals surface area contributed by atoms with Crippen molar-refractivity contribution in [3.8, 4) is 0 Å². The van der Waals surface area contributed by atoms with Crippen LogP contribution in [0.5, 0.6) is 0 Å². The van der Waals surface area contributed by atoms with Gasteiger partial charge in [-0.2, -0.15) is 0 Å².